The summed E-state index contributed by atoms with van der Waals surface area (Å²) in [6.45, 7) is 3.89. The largest absolute Gasteiger partial charge is 0.462 e. The number of esters is 2. The minimum atomic E-state index is -0.793. The van der Waals surface area contributed by atoms with Crippen LogP contribution >= 0.6 is 0 Å². The van der Waals surface area contributed by atoms with Crippen LogP contribution in [-0.2, 0) is 19.1 Å². The Bertz CT molecular complexity index is 1480. The van der Waals surface area contributed by atoms with E-state index in [1.165, 1.54) is 70.6 Å². The molecular weight excluding hydrogens is 837 g/mol. The zero-order valence-corrected chi connectivity index (χ0v) is 43.6. The van der Waals surface area contributed by atoms with Gasteiger partial charge in [-0.3, -0.25) is 9.59 Å². The van der Waals surface area contributed by atoms with E-state index >= 15 is 0 Å². The second kappa shape index (κ2) is 57.1. The first-order valence-corrected chi connectivity index (χ1v) is 27.4. The highest BCUT2D eigenvalue weighted by Gasteiger charge is 2.16. The van der Waals surface area contributed by atoms with Crippen molar-refractivity contribution in [3.05, 3.63) is 146 Å². The summed E-state index contributed by atoms with van der Waals surface area (Å²) in [6, 6.07) is 0. The molecule has 0 aliphatic carbocycles. The number of hydrogen-bond donors (Lipinski definition) is 1. The molecule has 1 unspecified atom stereocenters. The van der Waals surface area contributed by atoms with E-state index in [0.717, 1.165) is 122 Å². The zero-order valence-electron chi connectivity index (χ0n) is 43.6. The van der Waals surface area contributed by atoms with Crippen molar-refractivity contribution in [2.45, 2.75) is 225 Å². The van der Waals surface area contributed by atoms with Crippen LogP contribution in [0.5, 0.6) is 0 Å². The molecular formula is C63H100O5. The second-order valence-corrected chi connectivity index (χ2v) is 17.5. The fourth-order valence-corrected chi connectivity index (χ4v) is 7.09. The number of rotatable bonds is 48. The Labute approximate surface area is 418 Å². The zero-order chi connectivity index (χ0) is 49.2. The Balaban J connectivity index is 3.61. The molecule has 0 aliphatic rings. The van der Waals surface area contributed by atoms with E-state index < -0.39 is 6.10 Å². The van der Waals surface area contributed by atoms with Crippen LogP contribution in [0, 0.1) is 0 Å². The van der Waals surface area contributed by atoms with Gasteiger partial charge in [0.15, 0.2) is 6.10 Å². The molecule has 0 spiro atoms. The van der Waals surface area contributed by atoms with Gasteiger partial charge in [-0.15, -0.1) is 0 Å². The van der Waals surface area contributed by atoms with Gasteiger partial charge in [0.2, 0.25) is 0 Å². The summed E-state index contributed by atoms with van der Waals surface area (Å²) in [5, 5.41) is 9.65. The van der Waals surface area contributed by atoms with Crippen molar-refractivity contribution in [2.24, 2.45) is 0 Å². The molecule has 0 aromatic rings. The molecule has 0 fully saturated rings. The molecule has 0 aliphatic heterocycles. The van der Waals surface area contributed by atoms with Gasteiger partial charge in [-0.1, -0.05) is 237 Å². The third-order valence-electron chi connectivity index (χ3n) is 11.1. The Morgan fingerprint density at radius 3 is 0.882 bits per heavy atom. The van der Waals surface area contributed by atoms with Gasteiger partial charge in [0, 0.05) is 12.8 Å². The summed E-state index contributed by atoms with van der Waals surface area (Å²) in [6.07, 6.45) is 86.5. The molecule has 1 atom stereocenters. The van der Waals surface area contributed by atoms with Crippen LogP contribution in [0.15, 0.2) is 146 Å². The van der Waals surface area contributed by atoms with Crippen molar-refractivity contribution in [1.29, 1.82) is 0 Å². The second-order valence-electron chi connectivity index (χ2n) is 17.5. The SMILES string of the molecule is CC/C=C\C/C=C\C/C=C\C/C=C\C/C=C\C/C=C\CCCCCCCCCCCCC(=O)OC(CO)COC(=O)CCCCCCCC/C=C\C/C=C\C/C=C\C/C=C\C/C=C\C/C=C\CC. The molecule has 1 N–H and O–H groups in total. The standard InChI is InChI=1S/C63H100O5/c1-3-5-7-9-11-13-15-17-19-21-23-25-27-29-30-31-32-34-36-38-40-42-44-46-48-50-52-54-56-58-63(66)68-61(59-64)60-67-62(65)57-55-53-51-49-47-45-43-41-39-37-35-33-28-26-24-22-20-18-16-14-12-10-8-6-4-2/h5-8,11-14,17-20,23-26,29-30,32-35,39,41,61,64H,3-4,9-10,15-16,21-22,27-28,31,36-38,40,42-60H2,1-2H3/b7-5-,8-6-,13-11-,14-12-,19-17-,20-18-,25-23-,26-24-,30-29-,34-32-,35-33-,41-39-. The highest BCUT2D eigenvalue weighted by molar-refractivity contribution is 5.70. The molecule has 5 heteroatoms. The maximum atomic E-state index is 12.3. The summed E-state index contributed by atoms with van der Waals surface area (Å²) >= 11 is 0. The third kappa shape index (κ3) is 54.4. The topological polar surface area (TPSA) is 72.8 Å². The third-order valence-corrected chi connectivity index (χ3v) is 11.1. The van der Waals surface area contributed by atoms with E-state index in [4.69, 9.17) is 9.47 Å². The minimum Gasteiger partial charge on any atom is -0.462 e. The van der Waals surface area contributed by atoms with Crippen molar-refractivity contribution < 1.29 is 24.2 Å². The maximum Gasteiger partial charge on any atom is 0.306 e. The number of aliphatic hydroxyl groups is 1. The van der Waals surface area contributed by atoms with Gasteiger partial charge in [-0.2, -0.15) is 0 Å². The van der Waals surface area contributed by atoms with Crippen molar-refractivity contribution in [3.8, 4) is 0 Å². The summed E-state index contributed by atoms with van der Waals surface area (Å²) in [5.74, 6) is -0.622. The summed E-state index contributed by atoms with van der Waals surface area (Å²) in [5.41, 5.74) is 0. The quantitative estimate of drug-likeness (QED) is 0.0374. The molecule has 0 aromatic carbocycles. The van der Waals surface area contributed by atoms with Gasteiger partial charge in [0.1, 0.15) is 6.61 Å². The molecule has 5 nitrogen and oxygen atoms in total. The average molecular weight is 937 g/mol. The number of ether oxygens (including phenoxy) is 2. The predicted octanol–water partition coefficient (Wildman–Crippen LogP) is 18.6. The minimum absolute atomic E-state index is 0.0851. The first kappa shape index (κ1) is 63.8. The number of hydrogen-bond acceptors (Lipinski definition) is 5. The average Bonchev–Trinajstić information content (AvgIpc) is 3.34. The van der Waals surface area contributed by atoms with E-state index in [0.29, 0.717) is 12.8 Å². The smallest absolute Gasteiger partial charge is 0.306 e. The molecule has 0 amide bonds. The normalized spacial score (nSPS) is 13.4. The Kier molecular flexibility index (Phi) is 53.6. The molecule has 0 saturated heterocycles. The van der Waals surface area contributed by atoms with Gasteiger partial charge in [-0.25, -0.2) is 0 Å². The Morgan fingerprint density at radius 2 is 0.588 bits per heavy atom. The monoisotopic (exact) mass is 937 g/mol. The lowest BCUT2D eigenvalue weighted by molar-refractivity contribution is -0.161. The van der Waals surface area contributed by atoms with Crippen LogP contribution in [0.2, 0.25) is 0 Å². The van der Waals surface area contributed by atoms with E-state index in [1.54, 1.807) is 0 Å². The van der Waals surface area contributed by atoms with E-state index in [1.807, 2.05) is 0 Å². The lowest BCUT2D eigenvalue weighted by Crippen LogP contribution is -2.28. The fraction of sp³-hybridized carbons (Fsp3) is 0.587. The molecule has 0 rings (SSSR count). The van der Waals surface area contributed by atoms with Gasteiger partial charge in [0.05, 0.1) is 6.61 Å². The van der Waals surface area contributed by atoms with Crippen LogP contribution in [0.25, 0.3) is 0 Å². The predicted molar refractivity (Wildman–Crippen MR) is 297 cm³/mol. The van der Waals surface area contributed by atoms with E-state index in [2.05, 4.69) is 160 Å². The summed E-state index contributed by atoms with van der Waals surface area (Å²) in [4.78, 5) is 24.5. The van der Waals surface area contributed by atoms with Crippen molar-refractivity contribution in [2.75, 3.05) is 13.2 Å². The number of aliphatic hydroxyl groups excluding tert-OH is 1. The lowest BCUT2D eigenvalue weighted by Gasteiger charge is -2.15. The number of allylic oxidation sites excluding steroid dienone is 24. The van der Waals surface area contributed by atoms with Crippen LogP contribution in [0.3, 0.4) is 0 Å². The molecule has 0 heterocycles. The van der Waals surface area contributed by atoms with Crippen molar-refractivity contribution in [3.63, 3.8) is 0 Å². The van der Waals surface area contributed by atoms with Crippen molar-refractivity contribution in [1.82, 2.24) is 0 Å². The van der Waals surface area contributed by atoms with Gasteiger partial charge in [-0.05, 0) is 116 Å². The molecule has 0 radical (unpaired) electrons. The van der Waals surface area contributed by atoms with E-state index in [9.17, 15) is 14.7 Å². The molecule has 68 heavy (non-hydrogen) atoms. The fourth-order valence-electron chi connectivity index (χ4n) is 7.09. The molecule has 0 aromatic heterocycles. The van der Waals surface area contributed by atoms with E-state index in [-0.39, 0.29) is 25.2 Å². The molecule has 0 bridgehead atoms. The van der Waals surface area contributed by atoms with Gasteiger partial charge in [0.25, 0.3) is 0 Å². The summed E-state index contributed by atoms with van der Waals surface area (Å²) < 4.78 is 10.7. The van der Waals surface area contributed by atoms with Crippen LogP contribution in [0.1, 0.15) is 219 Å². The first-order valence-electron chi connectivity index (χ1n) is 27.4. The first-order chi connectivity index (χ1) is 33.6. The number of unbranched alkanes of at least 4 members (excludes halogenated alkanes) is 16. The van der Waals surface area contributed by atoms with Gasteiger partial charge < -0.3 is 14.6 Å². The summed E-state index contributed by atoms with van der Waals surface area (Å²) in [7, 11) is 0. The van der Waals surface area contributed by atoms with Crippen LogP contribution in [0.4, 0.5) is 0 Å². The van der Waals surface area contributed by atoms with Crippen molar-refractivity contribution >= 4 is 11.9 Å². The highest BCUT2D eigenvalue weighted by atomic mass is 16.6. The Morgan fingerprint density at radius 1 is 0.338 bits per heavy atom. The van der Waals surface area contributed by atoms with Gasteiger partial charge >= 0.3 is 11.9 Å². The number of carbonyl (C=O) groups excluding carboxylic acids is 2. The number of carbonyl (C=O) groups is 2. The Hall–Kier alpha value is -4.22. The van der Waals surface area contributed by atoms with Crippen LogP contribution < -0.4 is 0 Å². The highest BCUT2D eigenvalue weighted by Crippen LogP contribution is 2.14. The molecule has 382 valence electrons. The lowest BCUT2D eigenvalue weighted by atomic mass is 10.0. The van der Waals surface area contributed by atoms with Crippen LogP contribution in [-0.4, -0.2) is 36.4 Å². The molecule has 0 saturated carbocycles. The maximum absolute atomic E-state index is 12.3.